The molecule has 0 heterocycles. The van der Waals surface area contributed by atoms with E-state index in [9.17, 15) is 22.7 Å². The van der Waals surface area contributed by atoms with Crippen LogP contribution in [0.25, 0.3) is 0 Å². The fourth-order valence-electron chi connectivity index (χ4n) is 1.93. The Bertz CT molecular complexity index is 610. The highest BCUT2D eigenvalue weighted by Crippen LogP contribution is 2.29. The van der Waals surface area contributed by atoms with Crippen LogP contribution in [-0.4, -0.2) is 5.11 Å². The molecule has 0 spiro atoms. The maximum atomic E-state index is 13.8. The molecular formula is C15H12F4O. The molecule has 20 heavy (non-hydrogen) atoms. The lowest BCUT2D eigenvalue weighted by atomic mass is 9.97. The minimum Gasteiger partial charge on any atom is -0.383 e. The zero-order chi connectivity index (χ0) is 15.0. The van der Waals surface area contributed by atoms with E-state index in [1.165, 1.54) is 13.8 Å². The van der Waals surface area contributed by atoms with Gasteiger partial charge in [0.25, 0.3) is 0 Å². The smallest absolute Gasteiger partial charge is 0.132 e. The third-order valence-electron chi connectivity index (χ3n) is 3.15. The molecule has 2 rings (SSSR count). The van der Waals surface area contributed by atoms with Crippen LogP contribution < -0.4 is 0 Å². The van der Waals surface area contributed by atoms with E-state index in [0.717, 1.165) is 18.2 Å². The highest BCUT2D eigenvalue weighted by atomic mass is 19.1. The van der Waals surface area contributed by atoms with Crippen molar-refractivity contribution < 1.29 is 22.7 Å². The molecule has 0 fully saturated rings. The minimum atomic E-state index is -1.70. The number of halogens is 4. The van der Waals surface area contributed by atoms with Gasteiger partial charge in [0.05, 0.1) is 0 Å². The molecule has 1 N–H and O–H groups in total. The predicted molar refractivity (Wildman–Crippen MR) is 66.3 cm³/mol. The van der Waals surface area contributed by atoms with Crippen LogP contribution in [0.1, 0.15) is 28.4 Å². The van der Waals surface area contributed by atoms with E-state index in [2.05, 4.69) is 0 Å². The monoisotopic (exact) mass is 284 g/mol. The third-order valence-corrected chi connectivity index (χ3v) is 3.15. The van der Waals surface area contributed by atoms with Crippen LogP contribution >= 0.6 is 0 Å². The lowest BCUT2D eigenvalue weighted by molar-refractivity contribution is 0.208. The predicted octanol–water partition coefficient (Wildman–Crippen LogP) is 3.94. The van der Waals surface area contributed by atoms with E-state index in [-0.39, 0.29) is 16.7 Å². The maximum Gasteiger partial charge on any atom is 0.132 e. The highest BCUT2D eigenvalue weighted by Gasteiger charge is 2.21. The molecular weight excluding hydrogens is 272 g/mol. The quantitative estimate of drug-likeness (QED) is 0.828. The summed E-state index contributed by atoms with van der Waals surface area (Å²) >= 11 is 0. The standard InChI is InChI=1S/C15H12F4O/c1-7-3-9(14(19)6-12(7)17)15(20)10-5-11(16)8(2)4-13(10)18/h3-6,15,20H,1-2H3. The Labute approximate surface area is 113 Å². The Balaban J connectivity index is 2.54. The molecule has 0 aliphatic rings. The normalized spacial score (nSPS) is 12.6. The second-order valence-electron chi connectivity index (χ2n) is 4.65. The van der Waals surface area contributed by atoms with Gasteiger partial charge in [-0.25, -0.2) is 17.6 Å². The lowest BCUT2D eigenvalue weighted by Crippen LogP contribution is -2.07. The summed E-state index contributed by atoms with van der Waals surface area (Å²) in [5.74, 6) is -3.34. The summed E-state index contributed by atoms with van der Waals surface area (Å²) in [6, 6.07) is 3.42. The van der Waals surface area contributed by atoms with Gasteiger partial charge in [-0.05, 0) is 43.2 Å². The molecule has 0 saturated heterocycles. The van der Waals surface area contributed by atoms with Crippen molar-refractivity contribution in [2.75, 3.05) is 0 Å². The Hall–Kier alpha value is -1.88. The zero-order valence-corrected chi connectivity index (χ0v) is 10.8. The molecule has 1 unspecified atom stereocenters. The molecule has 0 radical (unpaired) electrons. The Morgan fingerprint density at radius 1 is 0.700 bits per heavy atom. The molecule has 106 valence electrons. The average Bonchev–Trinajstić information content (AvgIpc) is 2.37. The van der Waals surface area contributed by atoms with Crippen LogP contribution in [0.4, 0.5) is 17.6 Å². The molecule has 1 nitrogen and oxygen atoms in total. The van der Waals surface area contributed by atoms with E-state index in [1.54, 1.807) is 0 Å². The van der Waals surface area contributed by atoms with Crippen molar-refractivity contribution in [3.8, 4) is 0 Å². The summed E-state index contributed by atoms with van der Waals surface area (Å²) in [6.45, 7) is 2.76. The van der Waals surface area contributed by atoms with Crippen LogP contribution in [-0.2, 0) is 0 Å². The summed E-state index contributed by atoms with van der Waals surface area (Å²) < 4.78 is 54.0. The van der Waals surface area contributed by atoms with Gasteiger partial charge >= 0.3 is 0 Å². The first-order valence-electron chi connectivity index (χ1n) is 5.90. The summed E-state index contributed by atoms with van der Waals surface area (Å²) in [4.78, 5) is 0. The fraction of sp³-hybridized carbons (Fsp3) is 0.200. The van der Waals surface area contributed by atoms with Crippen molar-refractivity contribution in [2.24, 2.45) is 0 Å². The van der Waals surface area contributed by atoms with Crippen LogP contribution in [0.5, 0.6) is 0 Å². The summed E-state index contributed by atoms with van der Waals surface area (Å²) in [5.41, 5.74) is -0.508. The third kappa shape index (κ3) is 2.54. The number of benzene rings is 2. The topological polar surface area (TPSA) is 20.2 Å². The van der Waals surface area contributed by atoms with Crippen molar-refractivity contribution in [3.05, 3.63) is 69.8 Å². The van der Waals surface area contributed by atoms with Gasteiger partial charge in [-0.2, -0.15) is 0 Å². The van der Waals surface area contributed by atoms with Crippen molar-refractivity contribution in [1.29, 1.82) is 0 Å². The molecule has 0 saturated carbocycles. The van der Waals surface area contributed by atoms with Gasteiger partial charge in [-0.3, -0.25) is 0 Å². The molecule has 5 heteroatoms. The molecule has 2 aromatic rings. The molecule has 2 aromatic carbocycles. The lowest BCUT2D eigenvalue weighted by Gasteiger charge is -2.15. The number of rotatable bonds is 2. The second-order valence-corrected chi connectivity index (χ2v) is 4.65. The van der Waals surface area contributed by atoms with E-state index in [0.29, 0.717) is 6.07 Å². The second kappa shape index (κ2) is 5.25. The summed E-state index contributed by atoms with van der Waals surface area (Å²) in [7, 11) is 0. The molecule has 0 aliphatic carbocycles. The van der Waals surface area contributed by atoms with Crippen molar-refractivity contribution in [1.82, 2.24) is 0 Å². The van der Waals surface area contributed by atoms with Gasteiger partial charge in [-0.1, -0.05) is 0 Å². The summed E-state index contributed by atoms with van der Waals surface area (Å²) in [6.07, 6.45) is -1.70. The van der Waals surface area contributed by atoms with Gasteiger partial charge in [0.1, 0.15) is 29.4 Å². The van der Waals surface area contributed by atoms with Gasteiger partial charge in [0, 0.05) is 17.2 Å². The molecule has 0 amide bonds. The van der Waals surface area contributed by atoms with Crippen molar-refractivity contribution in [2.45, 2.75) is 20.0 Å². The summed E-state index contributed by atoms with van der Waals surface area (Å²) in [5, 5.41) is 10.0. The SMILES string of the molecule is Cc1cc(C(O)c2cc(F)c(C)cc2F)c(F)cc1F. The Morgan fingerprint density at radius 2 is 1.15 bits per heavy atom. The zero-order valence-electron chi connectivity index (χ0n) is 10.8. The van der Waals surface area contributed by atoms with E-state index >= 15 is 0 Å². The highest BCUT2D eigenvalue weighted by molar-refractivity contribution is 5.36. The number of aliphatic hydroxyl groups is 1. The molecule has 1 atom stereocenters. The number of hydrogen-bond donors (Lipinski definition) is 1. The fourth-order valence-corrected chi connectivity index (χ4v) is 1.93. The minimum absolute atomic E-state index is 0.0780. The van der Waals surface area contributed by atoms with Crippen LogP contribution in [0.3, 0.4) is 0 Å². The Kier molecular flexibility index (Phi) is 3.81. The van der Waals surface area contributed by atoms with E-state index in [1.807, 2.05) is 0 Å². The largest absolute Gasteiger partial charge is 0.383 e. The number of aliphatic hydroxyl groups excluding tert-OH is 1. The first kappa shape index (κ1) is 14.5. The van der Waals surface area contributed by atoms with Crippen molar-refractivity contribution >= 4 is 0 Å². The first-order chi connectivity index (χ1) is 9.31. The van der Waals surface area contributed by atoms with Crippen LogP contribution in [0.15, 0.2) is 24.3 Å². The van der Waals surface area contributed by atoms with E-state index < -0.39 is 34.9 Å². The number of aryl methyl sites for hydroxylation is 2. The average molecular weight is 284 g/mol. The first-order valence-corrected chi connectivity index (χ1v) is 5.90. The maximum absolute atomic E-state index is 13.8. The van der Waals surface area contributed by atoms with Gasteiger partial charge < -0.3 is 5.11 Å². The van der Waals surface area contributed by atoms with Gasteiger partial charge in [-0.15, -0.1) is 0 Å². The van der Waals surface area contributed by atoms with Gasteiger partial charge in [0.2, 0.25) is 0 Å². The Morgan fingerprint density at radius 3 is 1.80 bits per heavy atom. The van der Waals surface area contributed by atoms with Gasteiger partial charge in [0.15, 0.2) is 0 Å². The van der Waals surface area contributed by atoms with E-state index in [4.69, 9.17) is 0 Å². The van der Waals surface area contributed by atoms with Crippen LogP contribution in [0.2, 0.25) is 0 Å². The molecule has 0 aromatic heterocycles. The number of hydrogen-bond acceptors (Lipinski definition) is 1. The molecule has 0 bridgehead atoms. The molecule has 0 aliphatic heterocycles. The van der Waals surface area contributed by atoms with Crippen LogP contribution in [0, 0.1) is 37.1 Å². The van der Waals surface area contributed by atoms with Crippen molar-refractivity contribution in [3.63, 3.8) is 0 Å².